The number of nitriles is 1. The lowest BCUT2D eigenvalue weighted by molar-refractivity contribution is 0.611. The van der Waals surface area contributed by atoms with E-state index in [4.69, 9.17) is 5.26 Å². The van der Waals surface area contributed by atoms with E-state index in [-0.39, 0.29) is 5.82 Å². The molecule has 2 rings (SSSR count). The van der Waals surface area contributed by atoms with Gasteiger partial charge in [-0.1, -0.05) is 0 Å². The molecule has 0 spiro atoms. The lowest BCUT2D eigenvalue weighted by Crippen LogP contribution is -2.01. The zero-order chi connectivity index (χ0) is 10.7. The highest BCUT2D eigenvalue weighted by Gasteiger charge is 2.01. The highest BCUT2D eigenvalue weighted by molar-refractivity contribution is 5.11. The van der Waals surface area contributed by atoms with Gasteiger partial charge in [0.2, 0.25) is 0 Å². The third-order valence-electron chi connectivity index (χ3n) is 1.74. The van der Waals surface area contributed by atoms with Crippen LogP contribution >= 0.6 is 0 Å². The van der Waals surface area contributed by atoms with Gasteiger partial charge in [-0.25, -0.2) is 14.1 Å². The Morgan fingerprint density at radius 3 is 3.00 bits per heavy atom. The zero-order valence-electron chi connectivity index (χ0n) is 7.63. The van der Waals surface area contributed by atoms with Crippen molar-refractivity contribution < 1.29 is 4.39 Å². The highest BCUT2D eigenvalue weighted by atomic mass is 19.1. The molecule has 6 heteroatoms. The molecule has 2 heterocycles. The minimum absolute atomic E-state index is 0.0966. The van der Waals surface area contributed by atoms with E-state index in [1.54, 1.807) is 0 Å². The number of halogens is 1. The van der Waals surface area contributed by atoms with Crippen LogP contribution in [0.1, 0.15) is 11.4 Å². The number of hydrogen-bond acceptors (Lipinski definition) is 4. The van der Waals surface area contributed by atoms with E-state index in [2.05, 4.69) is 15.1 Å². The molecule has 74 valence electrons. The number of hydrogen-bond donors (Lipinski definition) is 0. The van der Waals surface area contributed by atoms with Gasteiger partial charge in [-0.2, -0.15) is 5.26 Å². The van der Waals surface area contributed by atoms with Gasteiger partial charge in [0.05, 0.1) is 12.7 Å². The molecular formula is C9H6FN5. The minimum Gasteiger partial charge on any atom is -0.261 e. The average molecular weight is 203 g/mol. The molecular weight excluding hydrogens is 197 g/mol. The monoisotopic (exact) mass is 203 g/mol. The van der Waals surface area contributed by atoms with E-state index < -0.39 is 5.82 Å². The van der Waals surface area contributed by atoms with Crippen LogP contribution in [0.15, 0.2) is 24.8 Å². The van der Waals surface area contributed by atoms with E-state index in [0.717, 1.165) is 6.20 Å². The Labute approximate surface area is 84.8 Å². The lowest BCUT2D eigenvalue weighted by atomic mass is 10.3. The van der Waals surface area contributed by atoms with Crippen LogP contribution in [0.3, 0.4) is 0 Å². The van der Waals surface area contributed by atoms with Gasteiger partial charge in [0.1, 0.15) is 18.2 Å². The van der Waals surface area contributed by atoms with Crippen molar-refractivity contribution in [1.82, 2.24) is 19.7 Å². The van der Waals surface area contributed by atoms with Crippen LogP contribution in [-0.4, -0.2) is 19.7 Å². The van der Waals surface area contributed by atoms with Crippen LogP contribution in [-0.2, 0) is 6.54 Å². The van der Waals surface area contributed by atoms with Crippen LogP contribution in [0.2, 0.25) is 0 Å². The van der Waals surface area contributed by atoms with E-state index in [1.165, 1.54) is 23.3 Å². The molecule has 0 amide bonds. The maximum absolute atomic E-state index is 12.8. The maximum atomic E-state index is 12.8. The molecule has 0 fully saturated rings. The minimum atomic E-state index is -0.395. The van der Waals surface area contributed by atoms with Gasteiger partial charge < -0.3 is 0 Å². The molecule has 5 nitrogen and oxygen atoms in total. The number of pyridine rings is 1. The van der Waals surface area contributed by atoms with Crippen molar-refractivity contribution in [2.24, 2.45) is 0 Å². The van der Waals surface area contributed by atoms with Gasteiger partial charge in [-0.05, 0) is 11.6 Å². The standard InChI is InChI=1S/C9H6FN5/c10-8-1-7(3-12-4-8)5-15-6-13-9(2-11)14-15/h1,3-4,6H,5H2. The summed E-state index contributed by atoms with van der Waals surface area (Å²) in [6.07, 6.45) is 4.09. The molecule has 0 atom stereocenters. The smallest absolute Gasteiger partial charge is 0.252 e. The van der Waals surface area contributed by atoms with Gasteiger partial charge in [0, 0.05) is 6.20 Å². The van der Waals surface area contributed by atoms with Gasteiger partial charge in [0.15, 0.2) is 0 Å². The summed E-state index contributed by atoms with van der Waals surface area (Å²) in [5.74, 6) is -0.299. The van der Waals surface area contributed by atoms with Crippen LogP contribution in [0.25, 0.3) is 0 Å². The normalized spacial score (nSPS) is 9.87. The van der Waals surface area contributed by atoms with Gasteiger partial charge >= 0.3 is 0 Å². The predicted molar refractivity (Wildman–Crippen MR) is 48.0 cm³/mol. The first-order chi connectivity index (χ1) is 7.28. The molecule has 0 saturated heterocycles. The number of rotatable bonds is 2. The molecule has 15 heavy (non-hydrogen) atoms. The second-order valence-electron chi connectivity index (χ2n) is 2.89. The molecule has 0 aliphatic carbocycles. The van der Waals surface area contributed by atoms with Crippen molar-refractivity contribution in [2.45, 2.75) is 6.54 Å². The van der Waals surface area contributed by atoms with Crippen LogP contribution < -0.4 is 0 Å². The highest BCUT2D eigenvalue weighted by Crippen LogP contribution is 2.02. The summed E-state index contributed by atoms with van der Waals surface area (Å²) in [6.45, 7) is 0.347. The summed E-state index contributed by atoms with van der Waals surface area (Å²) in [6, 6.07) is 3.17. The molecule has 0 aliphatic rings. The first kappa shape index (κ1) is 9.27. The van der Waals surface area contributed by atoms with E-state index in [0.29, 0.717) is 12.1 Å². The van der Waals surface area contributed by atoms with Crippen molar-refractivity contribution >= 4 is 0 Å². The van der Waals surface area contributed by atoms with E-state index >= 15 is 0 Å². The zero-order valence-corrected chi connectivity index (χ0v) is 7.63. The largest absolute Gasteiger partial charge is 0.261 e. The second kappa shape index (κ2) is 3.84. The summed E-state index contributed by atoms with van der Waals surface area (Å²) >= 11 is 0. The average Bonchev–Trinajstić information content (AvgIpc) is 2.65. The SMILES string of the molecule is N#Cc1ncn(Cc2cncc(F)c2)n1. The Kier molecular flexibility index (Phi) is 2.37. The molecule has 2 aromatic heterocycles. The van der Waals surface area contributed by atoms with Crippen molar-refractivity contribution in [1.29, 1.82) is 5.26 Å². The van der Waals surface area contributed by atoms with Crippen molar-refractivity contribution in [3.05, 3.63) is 42.0 Å². The van der Waals surface area contributed by atoms with E-state index in [9.17, 15) is 4.39 Å². The Morgan fingerprint density at radius 2 is 2.33 bits per heavy atom. The lowest BCUT2D eigenvalue weighted by Gasteiger charge is -1.99. The Morgan fingerprint density at radius 1 is 1.47 bits per heavy atom. The van der Waals surface area contributed by atoms with Crippen LogP contribution in [0.5, 0.6) is 0 Å². The summed E-state index contributed by atoms with van der Waals surface area (Å²) in [7, 11) is 0. The second-order valence-corrected chi connectivity index (χ2v) is 2.89. The molecule has 0 saturated carbocycles. The van der Waals surface area contributed by atoms with E-state index in [1.807, 2.05) is 6.07 Å². The van der Waals surface area contributed by atoms with Gasteiger partial charge in [-0.15, -0.1) is 5.10 Å². The molecule has 0 aromatic carbocycles. The van der Waals surface area contributed by atoms with Crippen molar-refractivity contribution in [3.63, 3.8) is 0 Å². The Bertz CT molecular complexity index is 513. The van der Waals surface area contributed by atoms with Crippen molar-refractivity contribution in [3.8, 4) is 6.07 Å². The summed E-state index contributed by atoms with van der Waals surface area (Å²) in [4.78, 5) is 7.44. The third kappa shape index (κ3) is 2.14. The number of aromatic nitrogens is 4. The Balaban J connectivity index is 2.19. The molecule has 0 bridgehead atoms. The topological polar surface area (TPSA) is 67.4 Å². The fourth-order valence-electron chi connectivity index (χ4n) is 1.15. The molecule has 0 radical (unpaired) electrons. The Hall–Kier alpha value is -2.29. The molecule has 2 aromatic rings. The quantitative estimate of drug-likeness (QED) is 0.721. The van der Waals surface area contributed by atoms with Crippen molar-refractivity contribution in [2.75, 3.05) is 0 Å². The van der Waals surface area contributed by atoms with Gasteiger partial charge in [0.25, 0.3) is 5.82 Å². The predicted octanol–water partition coefficient (Wildman–Crippen LogP) is 0.732. The fourth-order valence-corrected chi connectivity index (χ4v) is 1.15. The molecule has 0 unspecified atom stereocenters. The maximum Gasteiger partial charge on any atom is 0.252 e. The fraction of sp³-hybridized carbons (Fsp3) is 0.111. The van der Waals surface area contributed by atoms with Crippen LogP contribution in [0.4, 0.5) is 4.39 Å². The molecule has 0 aliphatic heterocycles. The number of nitrogens with zero attached hydrogens (tertiary/aromatic N) is 5. The van der Waals surface area contributed by atoms with Crippen LogP contribution in [0, 0.1) is 17.1 Å². The summed E-state index contributed by atoms with van der Waals surface area (Å²) in [5.41, 5.74) is 0.671. The molecule has 0 N–H and O–H groups in total. The summed E-state index contributed by atoms with van der Waals surface area (Å²) in [5, 5.41) is 12.3. The van der Waals surface area contributed by atoms with Gasteiger partial charge in [-0.3, -0.25) is 4.98 Å². The third-order valence-corrected chi connectivity index (χ3v) is 1.74. The first-order valence-electron chi connectivity index (χ1n) is 4.17. The first-order valence-corrected chi connectivity index (χ1v) is 4.17. The summed E-state index contributed by atoms with van der Waals surface area (Å²) < 4.78 is 14.2.